The normalized spacial score (nSPS) is 11.2. The van der Waals surface area contributed by atoms with Crippen LogP contribution in [0.3, 0.4) is 0 Å². The molecular weight excluding hydrogens is 449 g/mol. The topological polar surface area (TPSA) is 76.7 Å². The average Bonchev–Trinajstić information content (AvgIpc) is 2.81. The molecule has 0 aromatic heterocycles. The van der Waals surface area contributed by atoms with Crippen LogP contribution in [-0.2, 0) is 15.8 Å². The highest BCUT2D eigenvalue weighted by Gasteiger charge is 2.30. The van der Waals surface area contributed by atoms with Gasteiger partial charge >= 0.3 is 6.18 Å². The minimum absolute atomic E-state index is 0.237. The van der Waals surface area contributed by atoms with Crippen molar-refractivity contribution in [1.29, 1.82) is 0 Å². The summed E-state index contributed by atoms with van der Waals surface area (Å²) in [4.78, 5) is 24.4. The first kappa shape index (κ1) is 24.4. The molecule has 0 spiro atoms. The van der Waals surface area contributed by atoms with Crippen LogP contribution < -0.4 is 20.1 Å². The molecule has 2 N–H and O–H groups in total. The van der Waals surface area contributed by atoms with Gasteiger partial charge in [0.05, 0.1) is 12.7 Å². The molecule has 0 fully saturated rings. The van der Waals surface area contributed by atoms with E-state index in [1.807, 2.05) is 0 Å². The molecule has 3 rings (SSSR count). The Bertz CT molecular complexity index is 1190. The Balaban J connectivity index is 1.56. The Kier molecular flexibility index (Phi) is 7.92. The molecule has 0 atom stereocenters. The molecule has 3 aromatic rings. The molecule has 0 saturated carbocycles. The Morgan fingerprint density at radius 3 is 2.26 bits per heavy atom. The van der Waals surface area contributed by atoms with Gasteiger partial charge in [0, 0.05) is 17.5 Å². The first-order valence-corrected chi connectivity index (χ1v) is 10.1. The van der Waals surface area contributed by atoms with Crippen molar-refractivity contribution < 1.29 is 32.2 Å². The standard InChI is InChI=1S/C25H21F3N2O4/c1-33-21-10-2-3-11-22(21)34-16-24(32)30-20-9-5-8-19(15-20)29-23(31)13-12-17-6-4-7-18(14-17)25(26,27)28/h2-15H,16H2,1H3,(H,29,31)(H,30,32)/b13-12+. The highest BCUT2D eigenvalue weighted by Crippen LogP contribution is 2.30. The molecule has 6 nitrogen and oxygen atoms in total. The molecule has 2 amide bonds. The lowest BCUT2D eigenvalue weighted by atomic mass is 10.1. The van der Waals surface area contributed by atoms with E-state index in [1.54, 1.807) is 42.5 Å². The second kappa shape index (κ2) is 11.0. The van der Waals surface area contributed by atoms with E-state index in [-0.39, 0.29) is 12.2 Å². The van der Waals surface area contributed by atoms with Gasteiger partial charge in [-0.1, -0.05) is 30.3 Å². The van der Waals surface area contributed by atoms with Crippen molar-refractivity contribution in [3.8, 4) is 11.5 Å². The van der Waals surface area contributed by atoms with Gasteiger partial charge in [0.1, 0.15) is 0 Å². The predicted molar refractivity (Wildman–Crippen MR) is 123 cm³/mol. The quantitative estimate of drug-likeness (QED) is 0.433. The number of para-hydroxylation sites is 2. The molecule has 3 aromatic carbocycles. The molecule has 0 radical (unpaired) electrons. The summed E-state index contributed by atoms with van der Waals surface area (Å²) in [6.07, 6.45) is -2.05. The highest BCUT2D eigenvalue weighted by molar-refractivity contribution is 6.02. The number of hydrogen-bond acceptors (Lipinski definition) is 4. The predicted octanol–water partition coefficient (Wildman–Crippen LogP) is 5.38. The van der Waals surface area contributed by atoms with E-state index in [0.29, 0.717) is 22.9 Å². The Labute approximate surface area is 194 Å². The monoisotopic (exact) mass is 470 g/mol. The zero-order valence-corrected chi connectivity index (χ0v) is 18.1. The first-order chi connectivity index (χ1) is 16.2. The van der Waals surface area contributed by atoms with Crippen molar-refractivity contribution in [3.63, 3.8) is 0 Å². The third kappa shape index (κ3) is 7.13. The third-order valence-corrected chi connectivity index (χ3v) is 4.48. The van der Waals surface area contributed by atoms with Gasteiger partial charge in [0.15, 0.2) is 18.1 Å². The number of ether oxygens (including phenoxy) is 2. The van der Waals surface area contributed by atoms with E-state index in [9.17, 15) is 22.8 Å². The fraction of sp³-hybridized carbons (Fsp3) is 0.120. The molecule has 0 aliphatic rings. The van der Waals surface area contributed by atoms with Crippen LogP contribution in [0, 0.1) is 0 Å². The van der Waals surface area contributed by atoms with Crippen molar-refractivity contribution in [2.45, 2.75) is 6.18 Å². The molecule has 0 unspecified atom stereocenters. The van der Waals surface area contributed by atoms with E-state index >= 15 is 0 Å². The van der Waals surface area contributed by atoms with Gasteiger partial charge in [-0.2, -0.15) is 13.2 Å². The molecule has 34 heavy (non-hydrogen) atoms. The van der Waals surface area contributed by atoms with Gasteiger partial charge in [-0.15, -0.1) is 0 Å². The average molecular weight is 470 g/mol. The molecular formula is C25H21F3N2O4. The number of benzene rings is 3. The largest absolute Gasteiger partial charge is 0.493 e. The summed E-state index contributed by atoms with van der Waals surface area (Å²) < 4.78 is 49.1. The number of hydrogen-bond donors (Lipinski definition) is 2. The highest BCUT2D eigenvalue weighted by atomic mass is 19.4. The van der Waals surface area contributed by atoms with Gasteiger partial charge < -0.3 is 20.1 Å². The number of anilines is 2. The maximum absolute atomic E-state index is 12.8. The fourth-order valence-corrected chi connectivity index (χ4v) is 2.93. The molecule has 0 heterocycles. The summed E-state index contributed by atoms with van der Waals surface area (Å²) in [5.74, 6) is -0.0360. The lowest BCUT2D eigenvalue weighted by Crippen LogP contribution is -2.20. The summed E-state index contributed by atoms with van der Waals surface area (Å²) in [5, 5.41) is 5.26. The van der Waals surface area contributed by atoms with Crippen LogP contribution in [0.25, 0.3) is 6.08 Å². The van der Waals surface area contributed by atoms with Crippen LogP contribution in [0.5, 0.6) is 11.5 Å². The summed E-state index contributed by atoms with van der Waals surface area (Å²) in [7, 11) is 1.50. The van der Waals surface area contributed by atoms with Crippen molar-refractivity contribution in [1.82, 2.24) is 0 Å². The van der Waals surface area contributed by atoms with Gasteiger partial charge in [-0.25, -0.2) is 0 Å². The van der Waals surface area contributed by atoms with Crippen molar-refractivity contribution in [2.24, 2.45) is 0 Å². The van der Waals surface area contributed by atoms with E-state index in [2.05, 4.69) is 10.6 Å². The molecule has 176 valence electrons. The summed E-state index contributed by atoms with van der Waals surface area (Å²) in [6.45, 7) is -0.253. The van der Waals surface area contributed by atoms with Crippen LogP contribution >= 0.6 is 0 Å². The van der Waals surface area contributed by atoms with Gasteiger partial charge in [-0.3, -0.25) is 9.59 Å². The maximum atomic E-state index is 12.8. The second-order valence-electron chi connectivity index (χ2n) is 7.01. The van der Waals surface area contributed by atoms with E-state index in [0.717, 1.165) is 18.2 Å². The smallest absolute Gasteiger partial charge is 0.416 e. The Hall–Kier alpha value is -4.27. The SMILES string of the molecule is COc1ccccc1OCC(=O)Nc1cccc(NC(=O)/C=C/c2cccc(C(F)(F)F)c2)c1. The van der Waals surface area contributed by atoms with Crippen LogP contribution in [0.1, 0.15) is 11.1 Å². The lowest BCUT2D eigenvalue weighted by molar-refractivity contribution is -0.137. The molecule has 0 saturated heterocycles. The molecule has 9 heteroatoms. The summed E-state index contributed by atoms with van der Waals surface area (Å²) >= 11 is 0. The van der Waals surface area contributed by atoms with E-state index < -0.39 is 23.6 Å². The van der Waals surface area contributed by atoms with Gasteiger partial charge in [0.2, 0.25) is 5.91 Å². The van der Waals surface area contributed by atoms with Crippen LogP contribution in [0.2, 0.25) is 0 Å². The fourth-order valence-electron chi connectivity index (χ4n) is 2.93. The number of halogens is 3. The molecule has 0 aliphatic carbocycles. The van der Waals surface area contributed by atoms with Gasteiger partial charge in [0.25, 0.3) is 5.91 Å². The number of alkyl halides is 3. The number of carbonyl (C=O) groups is 2. The van der Waals surface area contributed by atoms with Crippen LogP contribution in [0.4, 0.5) is 24.5 Å². The Morgan fingerprint density at radius 2 is 1.56 bits per heavy atom. The van der Waals surface area contributed by atoms with Crippen LogP contribution in [0.15, 0.2) is 78.9 Å². The second-order valence-corrected chi connectivity index (χ2v) is 7.01. The van der Waals surface area contributed by atoms with Crippen molar-refractivity contribution >= 4 is 29.3 Å². The maximum Gasteiger partial charge on any atom is 0.416 e. The number of carbonyl (C=O) groups excluding carboxylic acids is 2. The third-order valence-electron chi connectivity index (χ3n) is 4.48. The Morgan fingerprint density at radius 1 is 0.882 bits per heavy atom. The van der Waals surface area contributed by atoms with E-state index in [4.69, 9.17) is 9.47 Å². The van der Waals surface area contributed by atoms with E-state index in [1.165, 1.54) is 31.4 Å². The minimum atomic E-state index is -4.46. The zero-order valence-electron chi connectivity index (χ0n) is 18.1. The van der Waals surface area contributed by atoms with Crippen LogP contribution in [-0.4, -0.2) is 25.5 Å². The summed E-state index contributed by atoms with van der Waals surface area (Å²) in [6, 6.07) is 18.0. The molecule has 0 bridgehead atoms. The number of rotatable bonds is 8. The minimum Gasteiger partial charge on any atom is -0.493 e. The molecule has 0 aliphatic heterocycles. The van der Waals surface area contributed by atoms with Gasteiger partial charge in [-0.05, 0) is 54.1 Å². The number of amides is 2. The zero-order chi connectivity index (χ0) is 24.6. The number of nitrogens with one attached hydrogen (secondary N) is 2. The van der Waals surface area contributed by atoms with Crippen molar-refractivity contribution in [2.75, 3.05) is 24.4 Å². The first-order valence-electron chi connectivity index (χ1n) is 10.1. The lowest BCUT2D eigenvalue weighted by Gasteiger charge is -2.11. The number of methoxy groups -OCH3 is 1. The van der Waals surface area contributed by atoms with Crippen molar-refractivity contribution in [3.05, 3.63) is 90.0 Å². The summed E-state index contributed by atoms with van der Waals surface area (Å²) in [5.41, 5.74) is 0.254.